The van der Waals surface area contributed by atoms with E-state index in [2.05, 4.69) is 20.9 Å². The Morgan fingerprint density at radius 1 is 1.02 bits per heavy atom. The quantitative estimate of drug-likeness (QED) is 0.193. The van der Waals surface area contributed by atoms with Crippen molar-refractivity contribution in [2.75, 3.05) is 34.7 Å². The maximum Gasteiger partial charge on any atom is 0.407 e. The highest BCUT2D eigenvalue weighted by Gasteiger charge is 2.37. The van der Waals surface area contributed by atoms with Crippen LogP contribution in [0.15, 0.2) is 36.5 Å². The van der Waals surface area contributed by atoms with Gasteiger partial charge in [-0.1, -0.05) is 55.1 Å². The number of carbonyl (C=O) groups is 3. The number of fused-ring (bicyclic) bond motifs is 1. The second kappa shape index (κ2) is 15.6. The van der Waals surface area contributed by atoms with Gasteiger partial charge in [0.15, 0.2) is 0 Å². The summed E-state index contributed by atoms with van der Waals surface area (Å²) in [5, 5.41) is 9.56. The van der Waals surface area contributed by atoms with Crippen molar-refractivity contribution in [2.45, 2.75) is 90.6 Å². The molecule has 0 bridgehead atoms. The Kier molecular flexibility index (Phi) is 11.5. The zero-order valence-corrected chi connectivity index (χ0v) is 30.6. The van der Waals surface area contributed by atoms with Crippen molar-refractivity contribution in [3.8, 4) is 11.5 Å². The third-order valence-corrected chi connectivity index (χ3v) is 9.09. The molecule has 268 valence electrons. The Bertz CT molecular complexity index is 1720. The first-order chi connectivity index (χ1) is 23.8. The fourth-order valence-corrected chi connectivity index (χ4v) is 6.70. The molecule has 1 aliphatic carbocycles. The van der Waals surface area contributed by atoms with Gasteiger partial charge in [-0.2, -0.15) is 4.98 Å². The van der Waals surface area contributed by atoms with Crippen LogP contribution in [0.3, 0.4) is 0 Å². The number of anilines is 4. The van der Waals surface area contributed by atoms with Crippen molar-refractivity contribution >= 4 is 64.4 Å². The van der Waals surface area contributed by atoms with Gasteiger partial charge in [0.05, 0.1) is 39.0 Å². The number of amides is 4. The zero-order chi connectivity index (χ0) is 36.2. The van der Waals surface area contributed by atoms with Crippen LogP contribution < -0.4 is 35.2 Å². The Hall–Kier alpha value is -4.49. The number of alkyl carbamates (subject to hydrolysis) is 1. The zero-order valence-electron chi connectivity index (χ0n) is 29.1. The molecule has 1 saturated carbocycles. The summed E-state index contributed by atoms with van der Waals surface area (Å²) in [5.41, 5.74) is 1.56. The van der Waals surface area contributed by atoms with Gasteiger partial charge in [-0.3, -0.25) is 14.6 Å². The monoisotopic (exact) mass is 727 g/mol. The number of nitrogens with one attached hydrogen (secondary N) is 3. The Morgan fingerprint density at radius 3 is 2.34 bits per heavy atom. The van der Waals surface area contributed by atoms with E-state index >= 15 is 0 Å². The summed E-state index contributed by atoms with van der Waals surface area (Å²) < 4.78 is 16.5. The second-order valence-electron chi connectivity index (χ2n) is 13.1. The molecule has 13 nitrogen and oxygen atoms in total. The summed E-state index contributed by atoms with van der Waals surface area (Å²) in [6.45, 7) is 7.39. The van der Waals surface area contributed by atoms with Gasteiger partial charge in [-0.05, 0) is 51.3 Å². The van der Waals surface area contributed by atoms with E-state index in [0.717, 1.165) is 31.2 Å². The lowest BCUT2D eigenvalue weighted by molar-refractivity contribution is -0.115. The van der Waals surface area contributed by atoms with Gasteiger partial charge in [0, 0.05) is 36.0 Å². The van der Waals surface area contributed by atoms with Crippen LogP contribution in [0.2, 0.25) is 10.0 Å². The molecule has 4 amide bonds. The molecular formula is C35H43Cl2N7O6. The lowest BCUT2D eigenvalue weighted by Gasteiger charge is -2.37. The van der Waals surface area contributed by atoms with Gasteiger partial charge >= 0.3 is 12.1 Å². The number of hydrogen-bond acceptors (Lipinski definition) is 9. The summed E-state index contributed by atoms with van der Waals surface area (Å²) >= 11 is 13.6. The molecule has 3 N–H and O–H groups in total. The molecule has 1 fully saturated rings. The molecule has 15 heteroatoms. The molecule has 2 unspecified atom stereocenters. The van der Waals surface area contributed by atoms with E-state index in [4.69, 9.17) is 42.4 Å². The SMILES string of the molecule is CCC(=O)Nc1cccc(CN2C(=O)N(c3c(Cl)c(OC)cc(OC)c3Cl)Cc3cnc(NC4CCCCC4NC(=O)OC(C)(C)C)nc32)c1. The number of urea groups is 1. The molecule has 2 heterocycles. The molecule has 0 spiro atoms. The van der Waals surface area contributed by atoms with E-state index in [1.807, 2.05) is 39.0 Å². The summed E-state index contributed by atoms with van der Waals surface area (Å²) in [4.78, 5) is 51.8. The van der Waals surface area contributed by atoms with Gasteiger partial charge < -0.3 is 30.2 Å². The van der Waals surface area contributed by atoms with Crippen LogP contribution in [0.4, 0.5) is 32.7 Å². The van der Waals surface area contributed by atoms with Crippen molar-refractivity contribution in [1.29, 1.82) is 0 Å². The van der Waals surface area contributed by atoms with Crippen LogP contribution in [-0.2, 0) is 22.6 Å². The van der Waals surface area contributed by atoms with Crippen molar-refractivity contribution in [3.05, 3.63) is 57.7 Å². The van der Waals surface area contributed by atoms with E-state index < -0.39 is 17.7 Å². The molecule has 2 aromatic carbocycles. The Balaban J connectivity index is 1.52. The molecule has 3 aromatic rings. The predicted octanol–water partition coefficient (Wildman–Crippen LogP) is 7.54. The largest absolute Gasteiger partial charge is 0.495 e. The third-order valence-electron chi connectivity index (χ3n) is 8.36. The minimum atomic E-state index is -0.626. The van der Waals surface area contributed by atoms with Gasteiger partial charge in [0.1, 0.15) is 33.0 Å². The van der Waals surface area contributed by atoms with Gasteiger partial charge in [0.25, 0.3) is 0 Å². The maximum atomic E-state index is 14.5. The molecule has 1 aromatic heterocycles. The molecule has 2 atom stereocenters. The van der Waals surface area contributed by atoms with Crippen LogP contribution >= 0.6 is 23.2 Å². The normalized spacial score (nSPS) is 17.5. The molecule has 0 saturated heterocycles. The highest BCUT2D eigenvalue weighted by Crippen LogP contribution is 2.48. The van der Waals surface area contributed by atoms with E-state index in [-0.39, 0.29) is 58.3 Å². The standard InChI is InChI=1S/C35H43Cl2N7O6/c1-7-27(45)39-22-12-10-11-20(15-22)18-44-31-21(19-43(34(44)47)30-28(36)25(48-5)16-26(49-6)29(30)37)17-38-32(42-31)40-23-13-8-9-14-24(23)41-33(46)50-35(2,3)4/h10-12,15-17,23-24H,7-9,13-14,18-19H2,1-6H3,(H,39,45)(H,41,46)(H,38,40,42). The van der Waals surface area contributed by atoms with E-state index in [1.54, 1.807) is 25.3 Å². The lowest BCUT2D eigenvalue weighted by atomic mass is 9.90. The molecule has 1 aliphatic heterocycles. The average Bonchev–Trinajstić information content (AvgIpc) is 3.07. The van der Waals surface area contributed by atoms with Crippen LogP contribution in [0.5, 0.6) is 11.5 Å². The number of hydrogen-bond donors (Lipinski definition) is 3. The van der Waals surface area contributed by atoms with Crippen LogP contribution in [-0.4, -0.2) is 59.9 Å². The summed E-state index contributed by atoms with van der Waals surface area (Å²) in [5.74, 6) is 1.13. The summed E-state index contributed by atoms with van der Waals surface area (Å²) in [6, 6.07) is 7.99. The molecule has 50 heavy (non-hydrogen) atoms. The van der Waals surface area contributed by atoms with Gasteiger partial charge in [-0.15, -0.1) is 0 Å². The van der Waals surface area contributed by atoms with Crippen LogP contribution in [0.1, 0.15) is 70.9 Å². The fraction of sp³-hybridized carbons (Fsp3) is 0.457. The number of carbonyl (C=O) groups excluding carboxylic acids is 3. The number of methoxy groups -OCH3 is 2. The first-order valence-electron chi connectivity index (χ1n) is 16.5. The summed E-state index contributed by atoms with van der Waals surface area (Å²) in [7, 11) is 2.93. The topological polar surface area (TPSA) is 147 Å². The van der Waals surface area contributed by atoms with Crippen molar-refractivity contribution in [1.82, 2.24) is 15.3 Å². The third kappa shape index (κ3) is 8.44. The molecule has 5 rings (SSSR count). The first kappa shape index (κ1) is 36.8. The second-order valence-corrected chi connectivity index (χ2v) is 13.9. The van der Waals surface area contributed by atoms with Crippen molar-refractivity contribution in [3.63, 3.8) is 0 Å². The molecule has 2 aliphatic rings. The highest BCUT2D eigenvalue weighted by molar-refractivity contribution is 6.42. The lowest BCUT2D eigenvalue weighted by Crippen LogP contribution is -2.50. The predicted molar refractivity (Wildman–Crippen MR) is 194 cm³/mol. The van der Waals surface area contributed by atoms with E-state index in [9.17, 15) is 14.4 Å². The minimum Gasteiger partial charge on any atom is -0.495 e. The number of rotatable bonds is 10. The number of aromatic nitrogens is 2. The van der Waals surface area contributed by atoms with Crippen LogP contribution in [0, 0.1) is 0 Å². The van der Waals surface area contributed by atoms with E-state index in [0.29, 0.717) is 29.4 Å². The van der Waals surface area contributed by atoms with Crippen molar-refractivity contribution < 1.29 is 28.6 Å². The number of ether oxygens (including phenoxy) is 3. The smallest absolute Gasteiger partial charge is 0.407 e. The maximum absolute atomic E-state index is 14.5. The average molecular weight is 729 g/mol. The number of halogens is 2. The van der Waals surface area contributed by atoms with Gasteiger partial charge in [0.2, 0.25) is 11.9 Å². The minimum absolute atomic E-state index is 0.0551. The van der Waals surface area contributed by atoms with Crippen LogP contribution in [0.25, 0.3) is 0 Å². The highest BCUT2D eigenvalue weighted by atomic mass is 35.5. The van der Waals surface area contributed by atoms with Crippen molar-refractivity contribution in [2.24, 2.45) is 0 Å². The Labute approximate surface area is 302 Å². The fourth-order valence-electron chi connectivity index (χ4n) is 5.99. The molecular weight excluding hydrogens is 685 g/mol. The Morgan fingerprint density at radius 2 is 1.70 bits per heavy atom. The van der Waals surface area contributed by atoms with Gasteiger partial charge in [-0.25, -0.2) is 14.6 Å². The van der Waals surface area contributed by atoms with E-state index in [1.165, 1.54) is 24.0 Å². The number of benzene rings is 2. The summed E-state index contributed by atoms with van der Waals surface area (Å²) in [6.07, 6.45) is 4.96. The number of nitrogens with zero attached hydrogens (tertiary/aromatic N) is 4. The molecule has 0 radical (unpaired) electrons. The first-order valence-corrected chi connectivity index (χ1v) is 17.3.